The second kappa shape index (κ2) is 5.20. The largest absolute Gasteiger partial charge is 0.454 e. The van der Waals surface area contributed by atoms with Gasteiger partial charge in [-0.05, 0) is 36.8 Å². The third-order valence-electron chi connectivity index (χ3n) is 3.30. The molecule has 2 aromatic carbocycles. The molecule has 0 radical (unpaired) electrons. The lowest BCUT2D eigenvalue weighted by Crippen LogP contribution is -2.09. The molecule has 6 heteroatoms. The van der Waals surface area contributed by atoms with E-state index in [0.29, 0.717) is 11.5 Å². The lowest BCUT2D eigenvalue weighted by molar-refractivity contribution is 0.174. The number of anilines is 1. The highest BCUT2D eigenvalue weighted by atomic mass is 19.2. The third-order valence-corrected chi connectivity index (χ3v) is 3.30. The van der Waals surface area contributed by atoms with Gasteiger partial charge in [0, 0.05) is 6.04 Å². The van der Waals surface area contributed by atoms with Crippen LogP contribution in [0.15, 0.2) is 30.3 Å². The number of hydrogen-bond acceptors (Lipinski definition) is 3. The van der Waals surface area contributed by atoms with E-state index in [-0.39, 0.29) is 18.5 Å². The number of rotatable bonds is 3. The van der Waals surface area contributed by atoms with Gasteiger partial charge in [0.05, 0.1) is 5.69 Å². The molecule has 3 nitrogen and oxygen atoms in total. The lowest BCUT2D eigenvalue weighted by atomic mass is 10.1. The molecule has 0 amide bonds. The third kappa shape index (κ3) is 2.49. The summed E-state index contributed by atoms with van der Waals surface area (Å²) in [7, 11) is 0. The van der Waals surface area contributed by atoms with Crippen molar-refractivity contribution in [3.05, 3.63) is 53.3 Å². The Balaban J connectivity index is 1.83. The van der Waals surface area contributed by atoms with E-state index in [1.807, 2.05) is 0 Å². The minimum Gasteiger partial charge on any atom is -0.454 e. The maximum absolute atomic E-state index is 13.6. The molecule has 1 heterocycles. The Morgan fingerprint density at radius 2 is 1.76 bits per heavy atom. The molecule has 2 aromatic rings. The summed E-state index contributed by atoms with van der Waals surface area (Å²) in [6.45, 7) is 1.94. The van der Waals surface area contributed by atoms with Crippen LogP contribution in [-0.2, 0) is 0 Å². The van der Waals surface area contributed by atoms with Crippen LogP contribution in [0.25, 0.3) is 0 Å². The first kappa shape index (κ1) is 13.6. The number of ether oxygens (including phenoxy) is 2. The Hall–Kier alpha value is -2.37. The first-order valence-corrected chi connectivity index (χ1v) is 6.36. The number of hydrogen-bond donors (Lipinski definition) is 1. The monoisotopic (exact) mass is 295 g/mol. The van der Waals surface area contributed by atoms with Crippen LogP contribution in [0.1, 0.15) is 18.5 Å². The van der Waals surface area contributed by atoms with E-state index in [9.17, 15) is 13.2 Å². The van der Waals surface area contributed by atoms with Gasteiger partial charge in [0.2, 0.25) is 6.79 Å². The summed E-state index contributed by atoms with van der Waals surface area (Å²) in [4.78, 5) is 0. The van der Waals surface area contributed by atoms with Crippen molar-refractivity contribution in [2.45, 2.75) is 13.0 Å². The van der Waals surface area contributed by atoms with Crippen molar-refractivity contribution in [3.8, 4) is 11.5 Å². The van der Waals surface area contributed by atoms with Crippen LogP contribution in [0.3, 0.4) is 0 Å². The molecule has 1 N–H and O–H groups in total. The smallest absolute Gasteiger partial charge is 0.231 e. The number of fused-ring (bicyclic) bond motifs is 1. The van der Waals surface area contributed by atoms with Crippen LogP contribution in [0.5, 0.6) is 11.5 Å². The van der Waals surface area contributed by atoms with Crippen molar-refractivity contribution >= 4 is 5.69 Å². The van der Waals surface area contributed by atoms with Gasteiger partial charge in [-0.3, -0.25) is 0 Å². The molecule has 1 atom stereocenters. The van der Waals surface area contributed by atoms with Crippen LogP contribution in [-0.4, -0.2) is 6.79 Å². The molecule has 21 heavy (non-hydrogen) atoms. The van der Waals surface area contributed by atoms with E-state index in [1.54, 1.807) is 25.1 Å². The van der Waals surface area contributed by atoms with Crippen molar-refractivity contribution < 1.29 is 22.6 Å². The average molecular weight is 295 g/mol. The maximum atomic E-state index is 13.6. The number of nitrogens with one attached hydrogen (secondary N) is 1. The molecule has 0 bridgehead atoms. The Bertz CT molecular complexity index is 691. The molecule has 0 saturated carbocycles. The van der Waals surface area contributed by atoms with Crippen LogP contribution < -0.4 is 14.8 Å². The van der Waals surface area contributed by atoms with Gasteiger partial charge in [0.1, 0.15) is 0 Å². The molecule has 1 aliphatic rings. The van der Waals surface area contributed by atoms with Crippen molar-refractivity contribution in [3.63, 3.8) is 0 Å². The zero-order valence-electron chi connectivity index (χ0n) is 11.1. The van der Waals surface area contributed by atoms with Gasteiger partial charge in [0.15, 0.2) is 29.0 Å². The highest BCUT2D eigenvalue weighted by molar-refractivity contribution is 5.50. The standard InChI is InChI=1S/C15H12F3NO2/c1-8(9-2-5-12-13(6-9)21-7-20-12)19-11-4-3-10(16)14(17)15(11)18/h2-6,8,19H,7H2,1H3. The summed E-state index contributed by atoms with van der Waals surface area (Å²) in [5, 5.41) is 2.81. The summed E-state index contributed by atoms with van der Waals surface area (Å²) in [6, 6.07) is 7.03. The normalized spacial score (nSPS) is 14.1. The van der Waals surface area contributed by atoms with E-state index < -0.39 is 17.5 Å². The Morgan fingerprint density at radius 1 is 1.00 bits per heavy atom. The van der Waals surface area contributed by atoms with E-state index >= 15 is 0 Å². The average Bonchev–Trinajstić information content (AvgIpc) is 2.95. The topological polar surface area (TPSA) is 30.5 Å². The first-order valence-electron chi connectivity index (χ1n) is 6.36. The second-order valence-electron chi connectivity index (χ2n) is 4.70. The summed E-state index contributed by atoms with van der Waals surface area (Å²) in [5.41, 5.74) is 0.711. The van der Waals surface area contributed by atoms with Crippen molar-refractivity contribution in [1.82, 2.24) is 0 Å². The van der Waals surface area contributed by atoms with Gasteiger partial charge in [-0.2, -0.15) is 0 Å². The summed E-state index contributed by atoms with van der Waals surface area (Å²) < 4.78 is 50.2. The van der Waals surface area contributed by atoms with Gasteiger partial charge in [-0.25, -0.2) is 13.2 Å². The van der Waals surface area contributed by atoms with Gasteiger partial charge < -0.3 is 14.8 Å². The molecule has 0 fully saturated rings. The molecule has 1 aliphatic heterocycles. The van der Waals surface area contributed by atoms with E-state index in [1.165, 1.54) is 0 Å². The predicted molar refractivity (Wildman–Crippen MR) is 70.9 cm³/mol. The summed E-state index contributed by atoms with van der Waals surface area (Å²) >= 11 is 0. The molecule has 0 aromatic heterocycles. The minimum absolute atomic E-state index is 0.0981. The molecule has 0 saturated heterocycles. The fourth-order valence-corrected chi connectivity index (χ4v) is 2.14. The minimum atomic E-state index is -1.49. The van der Waals surface area contributed by atoms with Gasteiger partial charge >= 0.3 is 0 Å². The predicted octanol–water partition coefficient (Wildman–Crippen LogP) is 4.01. The fourth-order valence-electron chi connectivity index (χ4n) is 2.14. The first-order chi connectivity index (χ1) is 10.1. The van der Waals surface area contributed by atoms with Crippen LogP contribution in [0.4, 0.5) is 18.9 Å². The van der Waals surface area contributed by atoms with Crippen LogP contribution >= 0.6 is 0 Å². The Labute approximate surface area is 119 Å². The fraction of sp³-hybridized carbons (Fsp3) is 0.200. The van der Waals surface area contributed by atoms with Crippen molar-refractivity contribution in [2.24, 2.45) is 0 Å². The van der Waals surface area contributed by atoms with Gasteiger partial charge in [-0.1, -0.05) is 6.07 Å². The molecule has 0 aliphatic carbocycles. The summed E-state index contributed by atoms with van der Waals surface area (Å²) in [6.07, 6.45) is 0. The SMILES string of the molecule is CC(Nc1ccc(F)c(F)c1F)c1ccc2c(c1)OCO2. The Morgan fingerprint density at radius 3 is 2.57 bits per heavy atom. The second-order valence-corrected chi connectivity index (χ2v) is 4.70. The molecular weight excluding hydrogens is 283 g/mol. The van der Waals surface area contributed by atoms with Crippen LogP contribution in [0.2, 0.25) is 0 Å². The van der Waals surface area contributed by atoms with E-state index in [4.69, 9.17) is 9.47 Å². The quantitative estimate of drug-likeness (QED) is 0.868. The van der Waals surface area contributed by atoms with Crippen molar-refractivity contribution in [2.75, 3.05) is 12.1 Å². The lowest BCUT2D eigenvalue weighted by Gasteiger charge is -2.17. The molecule has 0 spiro atoms. The molecule has 110 valence electrons. The zero-order chi connectivity index (χ0) is 15.0. The van der Waals surface area contributed by atoms with Crippen molar-refractivity contribution in [1.29, 1.82) is 0 Å². The van der Waals surface area contributed by atoms with Gasteiger partial charge in [-0.15, -0.1) is 0 Å². The van der Waals surface area contributed by atoms with Crippen LogP contribution in [0, 0.1) is 17.5 Å². The van der Waals surface area contributed by atoms with E-state index in [2.05, 4.69) is 5.32 Å². The highest BCUT2D eigenvalue weighted by Gasteiger charge is 2.18. The molecule has 1 unspecified atom stereocenters. The molecular formula is C15H12F3NO2. The maximum Gasteiger partial charge on any atom is 0.231 e. The van der Waals surface area contributed by atoms with Gasteiger partial charge in [0.25, 0.3) is 0 Å². The molecule has 3 rings (SSSR count). The summed E-state index contributed by atoms with van der Waals surface area (Å²) in [5.74, 6) is -2.69. The number of benzene rings is 2. The number of halogens is 3. The zero-order valence-corrected chi connectivity index (χ0v) is 11.1. The Kier molecular flexibility index (Phi) is 3.37. The highest BCUT2D eigenvalue weighted by Crippen LogP contribution is 2.35. The van der Waals surface area contributed by atoms with E-state index in [0.717, 1.165) is 17.7 Å².